The summed E-state index contributed by atoms with van der Waals surface area (Å²) in [6.07, 6.45) is 1.42. The van der Waals surface area contributed by atoms with Gasteiger partial charge in [-0.2, -0.15) is 0 Å². The van der Waals surface area contributed by atoms with Gasteiger partial charge in [0.2, 0.25) is 0 Å². The van der Waals surface area contributed by atoms with Crippen molar-refractivity contribution in [3.63, 3.8) is 0 Å². The molecule has 1 aromatic carbocycles. The maximum absolute atomic E-state index is 12.6. The second-order valence-corrected chi connectivity index (χ2v) is 7.93. The Balaban J connectivity index is 0.00000261. The average Bonchev–Trinajstić information content (AvgIpc) is 2.57. The van der Waals surface area contributed by atoms with Crippen molar-refractivity contribution >= 4 is 33.8 Å². The summed E-state index contributed by atoms with van der Waals surface area (Å²) in [5, 5.41) is 10.1. The molecule has 8 nitrogen and oxygen atoms in total. The molecule has 10 heteroatoms. The SMILES string of the molecule is CC(=O)OCC1=C(C(=O)[O-])N2C(=O)/C(=C\c3ccccc3)[C@H]2S(=O)(=O)C1.[Na+]. The quantitative estimate of drug-likeness (QED) is 0.221. The molecule has 1 fully saturated rings. The van der Waals surface area contributed by atoms with Crippen LogP contribution in [0.4, 0.5) is 0 Å². The first kappa shape index (κ1) is 21.4. The van der Waals surface area contributed by atoms with E-state index in [1.165, 1.54) is 6.08 Å². The molecule has 0 saturated carbocycles. The molecular formula is C17H14NNaO7S. The zero-order valence-corrected chi connectivity index (χ0v) is 17.5. The van der Waals surface area contributed by atoms with Crippen LogP contribution in [0.1, 0.15) is 12.5 Å². The van der Waals surface area contributed by atoms with Crippen molar-refractivity contribution in [2.75, 3.05) is 12.4 Å². The molecule has 1 aromatic rings. The molecule has 136 valence electrons. The summed E-state index contributed by atoms with van der Waals surface area (Å²) >= 11 is 0. The maximum Gasteiger partial charge on any atom is 1.00 e. The number of carboxylic acid groups (broad SMARTS) is 1. The van der Waals surface area contributed by atoms with E-state index < -0.39 is 51.1 Å². The molecule has 0 unspecified atom stereocenters. The fourth-order valence-corrected chi connectivity index (χ4v) is 4.90. The zero-order valence-electron chi connectivity index (χ0n) is 14.7. The summed E-state index contributed by atoms with van der Waals surface area (Å²) in [7, 11) is -3.89. The van der Waals surface area contributed by atoms with Crippen molar-refractivity contribution in [1.29, 1.82) is 0 Å². The van der Waals surface area contributed by atoms with Crippen LogP contribution in [-0.2, 0) is 29.0 Å². The number of benzene rings is 1. The van der Waals surface area contributed by atoms with E-state index in [-0.39, 0.29) is 40.7 Å². The number of rotatable bonds is 4. The minimum Gasteiger partial charge on any atom is -0.543 e. The second kappa shape index (κ2) is 7.97. The van der Waals surface area contributed by atoms with Crippen LogP contribution in [0, 0.1) is 0 Å². The van der Waals surface area contributed by atoms with Crippen molar-refractivity contribution in [2.24, 2.45) is 0 Å². The Morgan fingerprint density at radius 2 is 1.93 bits per heavy atom. The molecule has 3 rings (SSSR count). The number of ether oxygens (including phenoxy) is 1. The number of β-lactam (4-membered cyclic amide) rings is 1. The molecule has 1 amide bonds. The number of hydrogen-bond donors (Lipinski definition) is 0. The van der Waals surface area contributed by atoms with E-state index in [0.29, 0.717) is 10.5 Å². The van der Waals surface area contributed by atoms with Crippen molar-refractivity contribution in [3.8, 4) is 0 Å². The number of carbonyl (C=O) groups excluding carboxylic acids is 3. The standard InChI is InChI=1S/C17H15NO7S.Na/c1-10(19)25-8-12-9-26(23,24)16-13(7-11-5-3-2-4-6-11)15(20)18(16)14(12)17(21)22;/h2-7,16H,8-9H2,1H3,(H,21,22);/q;+1/p-1/b13-7+;/t16-;/m1./s1. The van der Waals surface area contributed by atoms with Crippen molar-refractivity contribution in [2.45, 2.75) is 12.3 Å². The molecule has 0 aromatic heterocycles. The fourth-order valence-electron chi connectivity index (χ4n) is 2.96. The third kappa shape index (κ3) is 4.01. The number of sulfone groups is 1. The molecule has 0 aliphatic carbocycles. The van der Waals surface area contributed by atoms with Crippen LogP contribution in [0.15, 0.2) is 47.2 Å². The van der Waals surface area contributed by atoms with Gasteiger partial charge in [0.05, 0.1) is 23.0 Å². The summed E-state index contributed by atoms with van der Waals surface area (Å²) < 4.78 is 29.9. The first-order valence-electron chi connectivity index (χ1n) is 7.61. The smallest absolute Gasteiger partial charge is 0.543 e. The Hall–Kier alpha value is -1.94. The Bertz CT molecular complexity index is 966. The van der Waals surface area contributed by atoms with Crippen LogP contribution in [0.5, 0.6) is 0 Å². The predicted molar refractivity (Wildman–Crippen MR) is 87.5 cm³/mol. The fraction of sp³-hybridized carbons (Fsp3) is 0.235. The van der Waals surface area contributed by atoms with E-state index >= 15 is 0 Å². The van der Waals surface area contributed by atoms with Crippen LogP contribution in [-0.4, -0.2) is 48.9 Å². The van der Waals surface area contributed by atoms with Crippen LogP contribution in [0.25, 0.3) is 6.08 Å². The van der Waals surface area contributed by atoms with Crippen LogP contribution in [0.2, 0.25) is 0 Å². The molecule has 2 heterocycles. The Kier molecular flexibility index (Phi) is 6.31. The minimum atomic E-state index is -3.89. The average molecular weight is 399 g/mol. The second-order valence-electron chi connectivity index (χ2n) is 5.86. The Labute approximate surface area is 177 Å². The van der Waals surface area contributed by atoms with Gasteiger partial charge in [0.15, 0.2) is 15.2 Å². The largest absolute Gasteiger partial charge is 1.00 e. The van der Waals surface area contributed by atoms with Gasteiger partial charge in [-0.3, -0.25) is 14.5 Å². The topological polar surface area (TPSA) is 121 Å². The number of nitrogens with zero attached hydrogens (tertiary/aromatic N) is 1. The number of esters is 1. The van der Waals surface area contributed by atoms with Gasteiger partial charge in [-0.05, 0) is 11.6 Å². The number of amides is 1. The molecular weight excluding hydrogens is 385 g/mol. The molecule has 1 saturated heterocycles. The van der Waals surface area contributed by atoms with E-state index in [9.17, 15) is 27.9 Å². The third-order valence-electron chi connectivity index (χ3n) is 4.02. The zero-order chi connectivity index (χ0) is 19.1. The monoisotopic (exact) mass is 399 g/mol. The number of carboxylic acids is 1. The Morgan fingerprint density at radius 3 is 2.48 bits per heavy atom. The van der Waals surface area contributed by atoms with Crippen molar-refractivity contribution in [3.05, 3.63) is 52.7 Å². The number of carbonyl (C=O) groups is 3. The van der Waals surface area contributed by atoms with E-state index in [4.69, 9.17) is 4.74 Å². The van der Waals surface area contributed by atoms with Gasteiger partial charge >= 0.3 is 35.5 Å². The Morgan fingerprint density at radius 1 is 1.30 bits per heavy atom. The molecule has 0 bridgehead atoms. The van der Waals surface area contributed by atoms with Gasteiger partial charge < -0.3 is 14.6 Å². The van der Waals surface area contributed by atoms with Gasteiger partial charge in [0, 0.05) is 12.5 Å². The predicted octanol–water partition coefficient (Wildman–Crippen LogP) is -3.76. The first-order chi connectivity index (χ1) is 12.2. The van der Waals surface area contributed by atoms with Crippen LogP contribution >= 0.6 is 0 Å². The van der Waals surface area contributed by atoms with E-state index in [1.54, 1.807) is 30.3 Å². The molecule has 0 spiro atoms. The van der Waals surface area contributed by atoms with Crippen molar-refractivity contribution < 1.29 is 62.2 Å². The van der Waals surface area contributed by atoms with Gasteiger partial charge in [0.25, 0.3) is 5.91 Å². The summed E-state index contributed by atoms with van der Waals surface area (Å²) in [5.74, 6) is -3.76. The van der Waals surface area contributed by atoms with Crippen molar-refractivity contribution in [1.82, 2.24) is 4.90 Å². The maximum atomic E-state index is 12.6. The third-order valence-corrected chi connectivity index (χ3v) is 5.92. The molecule has 2 aliphatic rings. The summed E-state index contributed by atoms with van der Waals surface area (Å²) in [4.78, 5) is 35.6. The van der Waals surface area contributed by atoms with E-state index in [2.05, 4.69) is 0 Å². The molecule has 2 aliphatic heterocycles. The number of fused-ring (bicyclic) bond motifs is 1. The van der Waals surface area contributed by atoms with Gasteiger partial charge in [-0.15, -0.1) is 0 Å². The first-order valence-corrected chi connectivity index (χ1v) is 9.32. The van der Waals surface area contributed by atoms with Gasteiger partial charge in [-0.1, -0.05) is 30.3 Å². The van der Waals surface area contributed by atoms with Crippen LogP contribution < -0.4 is 34.7 Å². The molecule has 0 radical (unpaired) electrons. The number of aliphatic carboxylic acids is 1. The summed E-state index contributed by atoms with van der Waals surface area (Å²) in [5.41, 5.74) is -0.137. The summed E-state index contributed by atoms with van der Waals surface area (Å²) in [6.45, 7) is 0.570. The minimum absolute atomic E-state index is 0. The van der Waals surface area contributed by atoms with Gasteiger partial charge in [-0.25, -0.2) is 8.42 Å². The van der Waals surface area contributed by atoms with E-state index in [0.717, 1.165) is 6.92 Å². The summed E-state index contributed by atoms with van der Waals surface area (Å²) in [6, 6.07) is 8.62. The molecule has 1 atom stereocenters. The molecule has 0 N–H and O–H groups in total. The normalized spacial score (nSPS) is 21.8. The van der Waals surface area contributed by atoms with Gasteiger partial charge in [0.1, 0.15) is 6.61 Å². The molecule has 27 heavy (non-hydrogen) atoms. The van der Waals surface area contributed by atoms with E-state index in [1.807, 2.05) is 0 Å². The van der Waals surface area contributed by atoms with Crippen LogP contribution in [0.3, 0.4) is 0 Å². The number of hydrogen-bond acceptors (Lipinski definition) is 7.